The third-order valence-corrected chi connectivity index (χ3v) is 5.71. The smallest absolute Gasteiger partial charge is 0.410 e. The Morgan fingerprint density at radius 1 is 1.00 bits per heavy atom. The number of rotatable bonds is 7. The average molecular weight is 535 g/mol. The molecule has 1 saturated heterocycles. The number of nitrogens with zero attached hydrogens (tertiary/aromatic N) is 2. The number of carbonyl (C=O) groups is 2. The Labute approximate surface area is 208 Å². The van der Waals surface area contributed by atoms with Crippen LogP contribution in [0.5, 0.6) is 17.2 Å². The average Bonchev–Trinajstić information content (AvgIpc) is 2.79. The summed E-state index contributed by atoms with van der Waals surface area (Å²) < 4.78 is 22.7. The molecule has 1 aliphatic rings. The predicted molar refractivity (Wildman–Crippen MR) is 132 cm³/mol. The third kappa shape index (κ3) is 7.63. The normalized spacial score (nSPS) is 14.4. The van der Waals surface area contributed by atoms with Crippen molar-refractivity contribution in [3.63, 3.8) is 0 Å². The largest absolute Gasteiger partial charge is 0.492 e. The number of hydrogen-bond donors (Lipinski definition) is 0. The van der Waals surface area contributed by atoms with Crippen molar-refractivity contribution in [2.45, 2.75) is 26.4 Å². The van der Waals surface area contributed by atoms with E-state index >= 15 is 0 Å². The molecule has 0 atom stereocenters. The Morgan fingerprint density at radius 2 is 1.71 bits per heavy atom. The lowest BCUT2D eigenvalue weighted by Crippen LogP contribution is -2.50. The molecule has 0 aromatic heterocycles. The van der Waals surface area contributed by atoms with Crippen LogP contribution in [0.15, 0.2) is 46.9 Å². The highest BCUT2D eigenvalue weighted by Crippen LogP contribution is 2.32. The number of benzene rings is 2. The SMILES string of the molecule is COC(=O)c1ccc(Oc2cccc(OCCN3CCN(C(=O)OC(C)(C)C)CC3)c2)c(Br)c1. The van der Waals surface area contributed by atoms with Crippen molar-refractivity contribution in [1.82, 2.24) is 9.80 Å². The van der Waals surface area contributed by atoms with E-state index in [-0.39, 0.29) is 6.09 Å². The summed E-state index contributed by atoms with van der Waals surface area (Å²) in [4.78, 5) is 27.9. The van der Waals surface area contributed by atoms with Crippen molar-refractivity contribution in [3.05, 3.63) is 52.5 Å². The van der Waals surface area contributed by atoms with Crippen LogP contribution < -0.4 is 9.47 Å². The van der Waals surface area contributed by atoms with Gasteiger partial charge in [-0.05, 0) is 67.0 Å². The first-order chi connectivity index (χ1) is 16.1. The third-order valence-electron chi connectivity index (χ3n) is 5.09. The van der Waals surface area contributed by atoms with Crippen LogP contribution in [-0.4, -0.2) is 73.9 Å². The van der Waals surface area contributed by atoms with Crippen molar-refractivity contribution in [2.75, 3.05) is 46.4 Å². The number of esters is 1. The van der Waals surface area contributed by atoms with Gasteiger partial charge in [-0.1, -0.05) is 6.07 Å². The van der Waals surface area contributed by atoms with Crippen LogP contribution in [-0.2, 0) is 9.47 Å². The molecule has 1 fully saturated rings. The quantitative estimate of drug-likeness (QED) is 0.464. The Kier molecular flexibility index (Phi) is 8.79. The molecule has 3 rings (SSSR count). The van der Waals surface area contributed by atoms with Crippen LogP contribution in [0.3, 0.4) is 0 Å². The minimum Gasteiger partial charge on any atom is -0.492 e. The van der Waals surface area contributed by atoms with Gasteiger partial charge < -0.3 is 23.8 Å². The molecule has 0 aliphatic carbocycles. The van der Waals surface area contributed by atoms with E-state index < -0.39 is 11.6 Å². The maximum absolute atomic E-state index is 12.2. The topological polar surface area (TPSA) is 77.5 Å². The van der Waals surface area contributed by atoms with Gasteiger partial charge in [0.2, 0.25) is 0 Å². The highest BCUT2D eigenvalue weighted by atomic mass is 79.9. The highest BCUT2D eigenvalue weighted by molar-refractivity contribution is 9.10. The van der Waals surface area contributed by atoms with Gasteiger partial charge in [0.25, 0.3) is 0 Å². The van der Waals surface area contributed by atoms with Crippen molar-refractivity contribution in [3.8, 4) is 17.2 Å². The molecule has 0 saturated carbocycles. The number of hydrogen-bond acceptors (Lipinski definition) is 7. The minimum absolute atomic E-state index is 0.258. The number of halogens is 1. The van der Waals surface area contributed by atoms with Gasteiger partial charge in [-0.25, -0.2) is 9.59 Å². The van der Waals surface area contributed by atoms with E-state index in [0.717, 1.165) is 19.6 Å². The molecule has 0 radical (unpaired) electrons. The van der Waals surface area contributed by atoms with Gasteiger partial charge in [-0.15, -0.1) is 0 Å². The van der Waals surface area contributed by atoms with Gasteiger partial charge in [0, 0.05) is 38.8 Å². The number of carbonyl (C=O) groups excluding carboxylic acids is 2. The van der Waals surface area contributed by atoms with Crippen molar-refractivity contribution in [1.29, 1.82) is 0 Å². The molecule has 8 nitrogen and oxygen atoms in total. The molecule has 184 valence electrons. The first kappa shape index (κ1) is 25.8. The van der Waals surface area contributed by atoms with E-state index in [0.29, 0.717) is 47.0 Å². The zero-order valence-corrected chi connectivity index (χ0v) is 21.6. The van der Waals surface area contributed by atoms with Gasteiger partial charge in [0.1, 0.15) is 29.5 Å². The summed E-state index contributed by atoms with van der Waals surface area (Å²) in [5.74, 6) is 1.49. The summed E-state index contributed by atoms with van der Waals surface area (Å²) in [7, 11) is 1.34. The lowest BCUT2D eigenvalue weighted by atomic mass is 10.2. The molecule has 0 spiro atoms. The van der Waals surface area contributed by atoms with Crippen molar-refractivity contribution in [2.24, 2.45) is 0 Å². The summed E-state index contributed by atoms with van der Waals surface area (Å²) in [5.41, 5.74) is -0.0474. The zero-order chi connectivity index (χ0) is 24.7. The Balaban J connectivity index is 1.46. The molecular formula is C25H31BrN2O6. The molecule has 2 aromatic carbocycles. The molecule has 2 aromatic rings. The number of methoxy groups -OCH3 is 1. The summed E-state index contributed by atoms with van der Waals surface area (Å²) >= 11 is 3.43. The van der Waals surface area contributed by atoms with Crippen LogP contribution in [0.1, 0.15) is 31.1 Å². The second-order valence-corrected chi connectivity index (χ2v) is 9.73. The standard InChI is InChI=1S/C25H31BrN2O6/c1-25(2,3)34-24(30)28-12-10-27(11-13-28)14-15-32-19-6-5-7-20(17-19)33-22-9-8-18(16-21(22)26)23(29)31-4/h5-9,16-17H,10-15H2,1-4H3. The summed E-state index contributed by atoms with van der Waals surface area (Å²) in [6.07, 6.45) is -0.258. The zero-order valence-electron chi connectivity index (χ0n) is 20.0. The predicted octanol–water partition coefficient (Wildman–Crippen LogP) is 4.96. The number of piperazine rings is 1. The fourth-order valence-electron chi connectivity index (χ4n) is 3.36. The van der Waals surface area contributed by atoms with E-state index in [9.17, 15) is 9.59 Å². The second-order valence-electron chi connectivity index (χ2n) is 8.87. The Bertz CT molecular complexity index is 999. The van der Waals surface area contributed by atoms with Crippen LogP contribution in [0.4, 0.5) is 4.79 Å². The van der Waals surface area contributed by atoms with E-state index in [1.807, 2.05) is 45.0 Å². The van der Waals surface area contributed by atoms with Crippen molar-refractivity contribution >= 4 is 28.0 Å². The lowest BCUT2D eigenvalue weighted by molar-refractivity contribution is 0.0137. The summed E-state index contributed by atoms with van der Waals surface area (Å²) in [6.45, 7) is 9.74. The van der Waals surface area contributed by atoms with Crippen LogP contribution in [0, 0.1) is 0 Å². The van der Waals surface area contributed by atoms with Crippen LogP contribution in [0.25, 0.3) is 0 Å². The van der Waals surface area contributed by atoms with Gasteiger partial charge in [-0.3, -0.25) is 4.90 Å². The first-order valence-electron chi connectivity index (χ1n) is 11.1. The van der Waals surface area contributed by atoms with Gasteiger partial charge in [0.05, 0.1) is 17.1 Å². The molecule has 1 heterocycles. The van der Waals surface area contributed by atoms with E-state index in [1.165, 1.54) is 7.11 Å². The molecule has 0 bridgehead atoms. The fourth-order valence-corrected chi connectivity index (χ4v) is 3.82. The van der Waals surface area contributed by atoms with Gasteiger partial charge >= 0.3 is 12.1 Å². The van der Waals surface area contributed by atoms with E-state index in [4.69, 9.17) is 18.9 Å². The number of ether oxygens (including phenoxy) is 4. The van der Waals surface area contributed by atoms with Gasteiger partial charge in [-0.2, -0.15) is 0 Å². The Hall–Kier alpha value is -2.78. The molecule has 9 heteroatoms. The van der Waals surface area contributed by atoms with E-state index in [1.54, 1.807) is 23.1 Å². The molecule has 0 unspecified atom stereocenters. The second kappa shape index (κ2) is 11.6. The van der Waals surface area contributed by atoms with Crippen LogP contribution >= 0.6 is 15.9 Å². The monoisotopic (exact) mass is 534 g/mol. The molecule has 34 heavy (non-hydrogen) atoms. The molecular weight excluding hydrogens is 504 g/mol. The fraction of sp³-hybridized carbons (Fsp3) is 0.440. The molecule has 0 N–H and O–H groups in total. The van der Waals surface area contributed by atoms with Crippen LogP contribution in [0.2, 0.25) is 0 Å². The first-order valence-corrected chi connectivity index (χ1v) is 11.9. The molecule has 1 amide bonds. The highest BCUT2D eigenvalue weighted by Gasteiger charge is 2.25. The lowest BCUT2D eigenvalue weighted by Gasteiger charge is -2.35. The molecule has 1 aliphatic heterocycles. The van der Waals surface area contributed by atoms with E-state index in [2.05, 4.69) is 20.8 Å². The minimum atomic E-state index is -0.483. The van der Waals surface area contributed by atoms with Crippen molar-refractivity contribution < 1.29 is 28.5 Å². The number of amides is 1. The maximum atomic E-state index is 12.2. The Morgan fingerprint density at radius 3 is 2.35 bits per heavy atom. The summed E-state index contributed by atoms with van der Waals surface area (Å²) in [6, 6.07) is 12.4. The van der Waals surface area contributed by atoms with Gasteiger partial charge in [0.15, 0.2) is 0 Å². The summed E-state index contributed by atoms with van der Waals surface area (Å²) in [5, 5.41) is 0. The maximum Gasteiger partial charge on any atom is 0.410 e.